The van der Waals surface area contributed by atoms with Crippen molar-refractivity contribution < 1.29 is 38.5 Å². The number of unbranched alkanes of at least 4 members (excludes halogenated alkanes) is 1. The van der Waals surface area contributed by atoms with Crippen LogP contribution in [0.2, 0.25) is 0 Å². The molecule has 0 amide bonds. The van der Waals surface area contributed by atoms with Gasteiger partial charge in [-0.05, 0) is 48.2 Å². The molecule has 1 heterocycles. The summed E-state index contributed by atoms with van der Waals surface area (Å²) in [6.07, 6.45) is 3.25. The predicted molar refractivity (Wildman–Crippen MR) is 153 cm³/mol. The molecule has 0 bridgehead atoms. The van der Waals surface area contributed by atoms with Gasteiger partial charge in [0.2, 0.25) is 0 Å². The first-order chi connectivity index (χ1) is 19.8. The van der Waals surface area contributed by atoms with E-state index >= 15 is 0 Å². The summed E-state index contributed by atoms with van der Waals surface area (Å²) in [4.78, 5) is 35.1. The number of carbonyl (C=O) groups is 3. The van der Waals surface area contributed by atoms with Crippen LogP contribution in [0.5, 0.6) is 11.5 Å². The van der Waals surface area contributed by atoms with Crippen molar-refractivity contribution in [2.75, 3.05) is 13.2 Å². The number of halogens is 1. The van der Waals surface area contributed by atoms with Crippen molar-refractivity contribution in [1.82, 2.24) is 4.57 Å². The number of benzene rings is 3. The third kappa shape index (κ3) is 7.82. The van der Waals surface area contributed by atoms with E-state index in [1.807, 2.05) is 54.6 Å². The smallest absolute Gasteiger partial charge is 0.359 e. The lowest BCUT2D eigenvalue weighted by atomic mass is 10.0. The molecule has 0 spiro atoms. The van der Waals surface area contributed by atoms with Crippen LogP contribution in [0, 0.1) is 0 Å². The van der Waals surface area contributed by atoms with Gasteiger partial charge in [-0.2, -0.15) is 0 Å². The van der Waals surface area contributed by atoms with Crippen LogP contribution in [-0.4, -0.2) is 45.7 Å². The predicted octanol–water partition coefficient (Wildman–Crippen LogP) is 6.65. The first-order valence-electron chi connectivity index (χ1n) is 13.2. The van der Waals surface area contributed by atoms with Gasteiger partial charge in [0.15, 0.2) is 5.78 Å². The summed E-state index contributed by atoms with van der Waals surface area (Å²) in [5.74, 6) is -1.78. The molecule has 0 fully saturated rings. The van der Waals surface area contributed by atoms with Gasteiger partial charge < -0.3 is 24.3 Å². The number of aliphatic carboxylic acids is 2. The molecule has 8 nitrogen and oxygen atoms in total. The van der Waals surface area contributed by atoms with Crippen LogP contribution < -0.4 is 9.47 Å². The van der Waals surface area contributed by atoms with Crippen molar-refractivity contribution in [2.24, 2.45) is 0 Å². The molecule has 3 aromatic carbocycles. The molecule has 4 rings (SSSR count). The Bertz CT molecular complexity index is 1530. The Kier molecular flexibility index (Phi) is 9.88. The molecular formula is C32H30FNO7. The van der Waals surface area contributed by atoms with Gasteiger partial charge in [-0.1, -0.05) is 60.7 Å². The number of carbonyl (C=O) groups excluding carboxylic acids is 1. The summed E-state index contributed by atoms with van der Waals surface area (Å²) < 4.78 is 27.1. The number of Topliss-reactive ketones (excluding diaryl/α,β-unsaturated/α-hetero) is 1. The van der Waals surface area contributed by atoms with Gasteiger partial charge in [-0.3, -0.25) is 9.59 Å². The Labute approximate surface area is 236 Å². The molecule has 4 aromatic rings. The van der Waals surface area contributed by atoms with Crippen LogP contribution in [0.3, 0.4) is 0 Å². The number of rotatable bonds is 15. The van der Waals surface area contributed by atoms with E-state index in [-0.39, 0.29) is 23.9 Å². The van der Waals surface area contributed by atoms with Gasteiger partial charge >= 0.3 is 11.9 Å². The summed E-state index contributed by atoms with van der Waals surface area (Å²) in [5.41, 5.74) is 1.64. The van der Waals surface area contributed by atoms with E-state index < -0.39 is 24.0 Å². The van der Waals surface area contributed by atoms with E-state index in [0.29, 0.717) is 29.9 Å². The molecule has 1 unspecified atom stereocenters. The first-order valence-corrected chi connectivity index (χ1v) is 13.2. The minimum Gasteiger partial charge on any atom is -0.494 e. The van der Waals surface area contributed by atoms with E-state index in [1.165, 1.54) is 0 Å². The van der Waals surface area contributed by atoms with E-state index in [0.717, 1.165) is 34.9 Å². The summed E-state index contributed by atoms with van der Waals surface area (Å²) in [6, 6.07) is 22.0. The topological polar surface area (TPSA) is 115 Å². The molecule has 0 aliphatic heterocycles. The second-order valence-corrected chi connectivity index (χ2v) is 9.30. The fraction of sp³-hybridized carbons (Fsp3) is 0.219. The maximum atomic E-state index is 14.7. The standard InChI is InChI=1S/C32H30FNO7/c33-31(32(38)39)34-21-27(28(35)17-18-29(36)37)26-10-6-7-23(30(26)34)14-11-22-12-15-25(16-13-22)41-20-5-4-19-40-24-8-2-1-3-9-24/h1-3,6-16,21,31H,4-5,17-20H2,(H,36,37)(H,38,39)/b14-11+. The van der Waals surface area contributed by atoms with Gasteiger partial charge in [-0.25, -0.2) is 9.18 Å². The summed E-state index contributed by atoms with van der Waals surface area (Å²) in [6.45, 7) is 1.16. The van der Waals surface area contributed by atoms with Gasteiger partial charge in [0.1, 0.15) is 11.5 Å². The van der Waals surface area contributed by atoms with Crippen molar-refractivity contribution in [3.8, 4) is 11.5 Å². The molecule has 0 saturated heterocycles. The molecule has 0 aliphatic carbocycles. The van der Waals surface area contributed by atoms with Crippen LogP contribution >= 0.6 is 0 Å². The molecule has 0 radical (unpaired) electrons. The molecule has 2 N–H and O–H groups in total. The fourth-order valence-electron chi connectivity index (χ4n) is 4.31. The average molecular weight is 560 g/mol. The van der Waals surface area contributed by atoms with Crippen molar-refractivity contribution >= 4 is 40.8 Å². The Morgan fingerprint density at radius 2 is 1.46 bits per heavy atom. The molecular weight excluding hydrogens is 529 g/mol. The Morgan fingerprint density at radius 3 is 2.10 bits per heavy atom. The molecule has 0 aliphatic rings. The zero-order valence-corrected chi connectivity index (χ0v) is 22.2. The number of carboxylic acids is 2. The highest BCUT2D eigenvalue weighted by atomic mass is 19.1. The highest BCUT2D eigenvalue weighted by Crippen LogP contribution is 2.31. The number of aromatic nitrogens is 1. The second-order valence-electron chi connectivity index (χ2n) is 9.30. The Morgan fingerprint density at radius 1 is 0.805 bits per heavy atom. The van der Waals surface area contributed by atoms with E-state index in [2.05, 4.69) is 0 Å². The number of ether oxygens (including phenoxy) is 2. The summed E-state index contributed by atoms with van der Waals surface area (Å²) in [7, 11) is 0. The number of ketones is 1. The summed E-state index contributed by atoms with van der Waals surface area (Å²) in [5, 5.41) is 18.6. The number of carboxylic acid groups (broad SMARTS) is 2. The number of nitrogens with zero attached hydrogens (tertiary/aromatic N) is 1. The molecule has 212 valence electrons. The number of hydrogen-bond donors (Lipinski definition) is 2. The van der Waals surface area contributed by atoms with Gasteiger partial charge in [0.25, 0.3) is 6.30 Å². The zero-order valence-electron chi connectivity index (χ0n) is 22.2. The van der Waals surface area contributed by atoms with Crippen LogP contribution in [0.25, 0.3) is 23.1 Å². The number of hydrogen-bond acceptors (Lipinski definition) is 5. The van der Waals surface area contributed by atoms with Crippen LogP contribution in [-0.2, 0) is 9.59 Å². The third-order valence-electron chi connectivity index (χ3n) is 6.35. The van der Waals surface area contributed by atoms with Crippen molar-refractivity contribution in [3.63, 3.8) is 0 Å². The number of fused-ring (bicyclic) bond motifs is 1. The minimum absolute atomic E-state index is 0.0773. The van der Waals surface area contributed by atoms with Gasteiger partial charge in [0.05, 0.1) is 25.2 Å². The van der Waals surface area contributed by atoms with Crippen LogP contribution in [0.4, 0.5) is 4.39 Å². The van der Waals surface area contributed by atoms with Gasteiger partial charge in [0, 0.05) is 23.6 Å². The third-order valence-corrected chi connectivity index (χ3v) is 6.35. The highest BCUT2D eigenvalue weighted by molar-refractivity contribution is 6.10. The largest absolute Gasteiger partial charge is 0.494 e. The molecule has 0 saturated carbocycles. The lowest BCUT2D eigenvalue weighted by molar-refractivity contribution is -0.146. The molecule has 1 aromatic heterocycles. The van der Waals surface area contributed by atoms with Crippen molar-refractivity contribution in [2.45, 2.75) is 32.0 Å². The van der Waals surface area contributed by atoms with Crippen molar-refractivity contribution in [3.05, 3.63) is 95.7 Å². The van der Waals surface area contributed by atoms with E-state index in [4.69, 9.17) is 14.6 Å². The highest BCUT2D eigenvalue weighted by Gasteiger charge is 2.25. The first kappa shape index (κ1) is 29.1. The van der Waals surface area contributed by atoms with E-state index in [1.54, 1.807) is 30.4 Å². The SMILES string of the molecule is O=C(O)CCC(=O)c1cn(C(F)C(=O)O)c2c(/C=C/c3ccc(OCCCCOc4ccccc4)cc3)cccc12. The maximum absolute atomic E-state index is 14.7. The molecule has 41 heavy (non-hydrogen) atoms. The minimum atomic E-state index is -2.42. The maximum Gasteiger partial charge on any atom is 0.359 e. The fourth-order valence-corrected chi connectivity index (χ4v) is 4.31. The Hall–Kier alpha value is -4.92. The monoisotopic (exact) mass is 559 g/mol. The lowest BCUT2D eigenvalue weighted by Gasteiger charge is -2.09. The number of alkyl halides is 1. The summed E-state index contributed by atoms with van der Waals surface area (Å²) >= 11 is 0. The Balaban J connectivity index is 1.42. The van der Waals surface area contributed by atoms with Crippen LogP contribution in [0.1, 0.15) is 53.5 Å². The molecule has 1 atom stereocenters. The van der Waals surface area contributed by atoms with E-state index in [9.17, 15) is 23.9 Å². The quantitative estimate of drug-likeness (QED) is 0.0952. The van der Waals surface area contributed by atoms with Crippen molar-refractivity contribution in [1.29, 1.82) is 0 Å². The average Bonchev–Trinajstić information content (AvgIpc) is 3.37. The van der Waals surface area contributed by atoms with Gasteiger partial charge in [-0.15, -0.1) is 0 Å². The normalized spacial score (nSPS) is 11.9. The lowest BCUT2D eigenvalue weighted by Crippen LogP contribution is -2.13. The zero-order chi connectivity index (χ0) is 29.2. The molecule has 9 heteroatoms. The van der Waals surface area contributed by atoms with Crippen LogP contribution in [0.15, 0.2) is 79.0 Å². The second kappa shape index (κ2) is 13.9. The number of para-hydroxylation sites is 2.